The molecule has 0 aromatic rings. The van der Waals surface area contributed by atoms with E-state index in [4.69, 9.17) is 0 Å². The molecule has 12 heavy (non-hydrogen) atoms. The Kier molecular flexibility index (Phi) is 4.69. The van der Waals surface area contributed by atoms with E-state index in [-0.39, 0.29) is 11.4 Å². The lowest BCUT2D eigenvalue weighted by Gasteiger charge is -1.98. The van der Waals surface area contributed by atoms with E-state index in [2.05, 4.69) is 4.74 Å². The van der Waals surface area contributed by atoms with Gasteiger partial charge in [0.1, 0.15) is 5.57 Å². The number of rotatable bonds is 3. The van der Waals surface area contributed by atoms with Gasteiger partial charge in [0.05, 0.1) is 7.11 Å². The van der Waals surface area contributed by atoms with Crippen LogP contribution in [0.4, 0.5) is 0 Å². The van der Waals surface area contributed by atoms with E-state index in [0.717, 1.165) is 0 Å². The Bertz CT molecular complexity index is 236. The number of hydrogen-bond acceptors (Lipinski definition) is 3. The molecule has 0 unspecified atom stereocenters. The number of esters is 1. The highest BCUT2D eigenvalue weighted by Crippen LogP contribution is 1.99. The minimum atomic E-state index is -0.597. The lowest BCUT2D eigenvalue weighted by Crippen LogP contribution is -2.11. The molecule has 0 aliphatic heterocycles. The zero-order valence-corrected chi connectivity index (χ0v) is 7.46. The van der Waals surface area contributed by atoms with Crippen LogP contribution in [0.25, 0.3) is 0 Å². The Hall–Kier alpha value is -1.38. The van der Waals surface area contributed by atoms with Crippen molar-refractivity contribution in [1.82, 2.24) is 0 Å². The maximum Gasteiger partial charge on any atom is 0.341 e. The van der Waals surface area contributed by atoms with Crippen molar-refractivity contribution in [2.24, 2.45) is 0 Å². The van der Waals surface area contributed by atoms with E-state index < -0.39 is 5.97 Å². The van der Waals surface area contributed by atoms with Crippen LogP contribution in [0.1, 0.15) is 13.8 Å². The van der Waals surface area contributed by atoms with E-state index in [1.165, 1.54) is 20.1 Å². The van der Waals surface area contributed by atoms with E-state index in [1.807, 2.05) is 0 Å². The summed E-state index contributed by atoms with van der Waals surface area (Å²) in [4.78, 5) is 21.8. The van der Waals surface area contributed by atoms with E-state index in [9.17, 15) is 9.59 Å². The number of Topliss-reactive ketones (excluding diaryl/α,β-unsaturated/α-hetero) is 1. The molecule has 0 bridgehead atoms. The number of allylic oxidation sites excluding steroid dienone is 3. The second-order valence-electron chi connectivity index (χ2n) is 2.15. The topological polar surface area (TPSA) is 43.4 Å². The lowest BCUT2D eigenvalue weighted by molar-refractivity contribution is -0.137. The smallest absolute Gasteiger partial charge is 0.341 e. The molecule has 0 amide bonds. The monoisotopic (exact) mass is 168 g/mol. The standard InChI is InChI=1S/C9H12O3/c1-4-5-6-8(7(2)10)9(11)12-3/h4-6H,1-3H3/b5-4+,8-6+. The van der Waals surface area contributed by atoms with Crippen molar-refractivity contribution in [2.45, 2.75) is 13.8 Å². The maximum absolute atomic E-state index is 10.9. The Balaban J connectivity index is 4.66. The summed E-state index contributed by atoms with van der Waals surface area (Å²) in [7, 11) is 1.24. The third-order valence-corrected chi connectivity index (χ3v) is 1.24. The van der Waals surface area contributed by atoms with E-state index >= 15 is 0 Å². The number of carbonyl (C=O) groups is 2. The van der Waals surface area contributed by atoms with Crippen molar-refractivity contribution < 1.29 is 14.3 Å². The predicted molar refractivity (Wildman–Crippen MR) is 45.6 cm³/mol. The highest BCUT2D eigenvalue weighted by Gasteiger charge is 2.12. The molecule has 0 spiro atoms. The maximum atomic E-state index is 10.9. The minimum absolute atomic E-state index is 0.0654. The Morgan fingerprint density at radius 3 is 2.25 bits per heavy atom. The number of ketones is 1. The largest absolute Gasteiger partial charge is 0.465 e. The van der Waals surface area contributed by atoms with Crippen LogP contribution < -0.4 is 0 Å². The average molecular weight is 168 g/mol. The minimum Gasteiger partial charge on any atom is -0.465 e. The van der Waals surface area contributed by atoms with Gasteiger partial charge in [-0.1, -0.05) is 12.2 Å². The Morgan fingerprint density at radius 2 is 1.92 bits per heavy atom. The molecule has 0 aliphatic rings. The van der Waals surface area contributed by atoms with Crippen molar-refractivity contribution in [2.75, 3.05) is 7.11 Å². The second kappa shape index (κ2) is 5.29. The van der Waals surface area contributed by atoms with Crippen molar-refractivity contribution >= 4 is 11.8 Å². The summed E-state index contributed by atoms with van der Waals surface area (Å²) in [6, 6.07) is 0. The molecule has 0 atom stereocenters. The SMILES string of the molecule is C/C=C/C=C(\C(C)=O)C(=O)OC. The van der Waals surface area contributed by atoms with Crippen molar-refractivity contribution in [3.05, 3.63) is 23.8 Å². The molecule has 3 nitrogen and oxygen atoms in total. The first-order valence-corrected chi connectivity index (χ1v) is 3.55. The lowest BCUT2D eigenvalue weighted by atomic mass is 10.2. The molecule has 0 saturated carbocycles. The zero-order valence-electron chi connectivity index (χ0n) is 7.46. The first-order valence-electron chi connectivity index (χ1n) is 3.55. The van der Waals surface area contributed by atoms with Gasteiger partial charge in [0.25, 0.3) is 0 Å². The Labute approximate surface area is 71.7 Å². The third kappa shape index (κ3) is 3.14. The molecule has 0 radical (unpaired) electrons. The first-order chi connectivity index (χ1) is 5.63. The summed E-state index contributed by atoms with van der Waals surface area (Å²) in [5.74, 6) is -0.888. The van der Waals surface area contributed by atoms with Crippen LogP contribution >= 0.6 is 0 Å². The quantitative estimate of drug-likeness (QED) is 0.209. The normalized spacial score (nSPS) is 11.8. The molecule has 0 heterocycles. The number of hydrogen-bond donors (Lipinski definition) is 0. The van der Waals surface area contributed by atoms with Crippen LogP contribution in [0.15, 0.2) is 23.8 Å². The molecule has 66 valence electrons. The fraction of sp³-hybridized carbons (Fsp3) is 0.333. The molecule has 0 fully saturated rings. The molecule has 0 aliphatic carbocycles. The van der Waals surface area contributed by atoms with Gasteiger partial charge in [-0.3, -0.25) is 4.79 Å². The highest BCUT2D eigenvalue weighted by molar-refractivity contribution is 6.16. The molecule has 0 aromatic carbocycles. The summed E-state index contributed by atoms with van der Waals surface area (Å²) in [6.45, 7) is 3.12. The van der Waals surface area contributed by atoms with Crippen LogP contribution in [-0.2, 0) is 14.3 Å². The van der Waals surface area contributed by atoms with Gasteiger partial charge >= 0.3 is 5.97 Å². The van der Waals surface area contributed by atoms with Crippen molar-refractivity contribution in [3.8, 4) is 0 Å². The molecule has 0 N–H and O–H groups in total. The average Bonchev–Trinajstić information content (AvgIpc) is 2.04. The number of ether oxygens (including phenoxy) is 1. The number of methoxy groups -OCH3 is 1. The van der Waals surface area contributed by atoms with Crippen LogP contribution in [0, 0.1) is 0 Å². The van der Waals surface area contributed by atoms with Crippen molar-refractivity contribution in [3.63, 3.8) is 0 Å². The van der Waals surface area contributed by atoms with Crippen LogP contribution in [-0.4, -0.2) is 18.9 Å². The summed E-state index contributed by atoms with van der Waals surface area (Å²) in [5, 5.41) is 0. The molecular weight excluding hydrogens is 156 g/mol. The molecule has 3 heteroatoms. The first kappa shape index (κ1) is 10.6. The van der Waals surface area contributed by atoms with Gasteiger partial charge in [-0.25, -0.2) is 4.79 Å². The van der Waals surface area contributed by atoms with Gasteiger partial charge < -0.3 is 4.74 Å². The van der Waals surface area contributed by atoms with Gasteiger partial charge in [0, 0.05) is 0 Å². The summed E-state index contributed by atoms with van der Waals surface area (Å²) < 4.78 is 4.41. The molecule has 0 aromatic heterocycles. The van der Waals surface area contributed by atoms with Crippen LogP contribution in [0.5, 0.6) is 0 Å². The summed E-state index contributed by atoms with van der Waals surface area (Å²) >= 11 is 0. The molecule has 0 saturated heterocycles. The van der Waals surface area contributed by atoms with E-state index in [1.54, 1.807) is 19.1 Å². The van der Waals surface area contributed by atoms with Gasteiger partial charge in [-0.2, -0.15) is 0 Å². The molecular formula is C9H12O3. The molecule has 0 rings (SSSR count). The predicted octanol–water partition coefficient (Wildman–Crippen LogP) is 1.25. The van der Waals surface area contributed by atoms with Crippen molar-refractivity contribution in [1.29, 1.82) is 0 Å². The van der Waals surface area contributed by atoms with Gasteiger partial charge in [0.15, 0.2) is 5.78 Å². The summed E-state index contributed by atoms with van der Waals surface area (Å²) in [6.07, 6.45) is 4.79. The van der Waals surface area contributed by atoms with Crippen LogP contribution in [0.2, 0.25) is 0 Å². The fourth-order valence-corrected chi connectivity index (χ4v) is 0.632. The van der Waals surface area contributed by atoms with E-state index in [0.29, 0.717) is 0 Å². The second-order valence-corrected chi connectivity index (χ2v) is 2.15. The van der Waals surface area contributed by atoms with Gasteiger partial charge in [-0.05, 0) is 19.9 Å². The fourth-order valence-electron chi connectivity index (χ4n) is 0.632. The summed E-state index contributed by atoms with van der Waals surface area (Å²) in [5.41, 5.74) is 0.0654. The van der Waals surface area contributed by atoms with Gasteiger partial charge in [0.2, 0.25) is 0 Å². The van der Waals surface area contributed by atoms with Crippen LogP contribution in [0.3, 0.4) is 0 Å². The highest BCUT2D eigenvalue weighted by atomic mass is 16.5. The number of carbonyl (C=O) groups excluding carboxylic acids is 2. The Morgan fingerprint density at radius 1 is 1.33 bits per heavy atom. The third-order valence-electron chi connectivity index (χ3n) is 1.24. The zero-order chi connectivity index (χ0) is 9.56. The van der Waals surface area contributed by atoms with Gasteiger partial charge in [-0.15, -0.1) is 0 Å².